The smallest absolute Gasteiger partial charge is 0.131 e. The lowest BCUT2D eigenvalue weighted by molar-refractivity contribution is 0.622. The quantitative estimate of drug-likeness (QED) is 0.883. The number of aryl methyl sites for hydroxylation is 3. The van der Waals surface area contributed by atoms with E-state index in [4.69, 9.17) is 0 Å². The van der Waals surface area contributed by atoms with Gasteiger partial charge in [-0.1, -0.05) is 0 Å². The second kappa shape index (κ2) is 4.35. The lowest BCUT2D eigenvalue weighted by atomic mass is 10.2. The molecule has 0 spiro atoms. The van der Waals surface area contributed by atoms with Crippen LogP contribution < -0.4 is 5.32 Å². The molecular formula is C11H16N4S. The standard InChI is InChI=1S/C11H16N4S/c1-7-10(16-8(2)14-7)9(12-3)11-13-5-6-15(11)4/h5-6,9,12H,1-4H3. The summed E-state index contributed by atoms with van der Waals surface area (Å²) in [4.78, 5) is 10.1. The Bertz CT molecular complexity index is 486. The van der Waals surface area contributed by atoms with Crippen LogP contribution in [0.4, 0.5) is 0 Å². The van der Waals surface area contributed by atoms with Gasteiger partial charge in [0.2, 0.25) is 0 Å². The summed E-state index contributed by atoms with van der Waals surface area (Å²) >= 11 is 1.73. The third-order valence-corrected chi connectivity index (χ3v) is 3.74. The predicted octanol–water partition coefficient (Wildman–Crippen LogP) is 1.80. The maximum Gasteiger partial charge on any atom is 0.131 e. The van der Waals surface area contributed by atoms with Crippen molar-refractivity contribution < 1.29 is 0 Å². The van der Waals surface area contributed by atoms with Crippen molar-refractivity contribution in [3.05, 3.63) is 33.8 Å². The zero-order valence-corrected chi connectivity index (χ0v) is 10.8. The van der Waals surface area contributed by atoms with Crippen LogP contribution in [0.2, 0.25) is 0 Å². The highest BCUT2D eigenvalue weighted by Crippen LogP contribution is 2.28. The summed E-state index contributed by atoms with van der Waals surface area (Å²) in [6.45, 7) is 4.08. The third kappa shape index (κ3) is 1.88. The van der Waals surface area contributed by atoms with Gasteiger partial charge in [-0.2, -0.15) is 0 Å². The second-order valence-electron chi connectivity index (χ2n) is 3.80. The summed E-state index contributed by atoms with van der Waals surface area (Å²) in [6.07, 6.45) is 3.78. The predicted molar refractivity (Wildman–Crippen MR) is 65.7 cm³/mol. The van der Waals surface area contributed by atoms with Gasteiger partial charge in [-0.25, -0.2) is 9.97 Å². The van der Waals surface area contributed by atoms with Crippen LogP contribution in [0.3, 0.4) is 0 Å². The van der Waals surface area contributed by atoms with E-state index < -0.39 is 0 Å². The average molecular weight is 236 g/mol. The minimum absolute atomic E-state index is 0.131. The normalized spacial score (nSPS) is 13.0. The SMILES string of the molecule is CNC(c1sc(C)nc1C)c1nccn1C. The first-order valence-corrected chi connectivity index (χ1v) is 6.03. The van der Waals surface area contributed by atoms with E-state index in [2.05, 4.69) is 15.3 Å². The van der Waals surface area contributed by atoms with E-state index >= 15 is 0 Å². The molecule has 1 N–H and O–H groups in total. The number of nitrogens with one attached hydrogen (secondary N) is 1. The molecule has 0 aliphatic rings. The molecule has 0 amide bonds. The highest BCUT2D eigenvalue weighted by Gasteiger charge is 2.20. The van der Waals surface area contributed by atoms with E-state index in [1.54, 1.807) is 11.3 Å². The van der Waals surface area contributed by atoms with Crippen LogP contribution >= 0.6 is 11.3 Å². The minimum Gasteiger partial charge on any atom is -0.336 e. The minimum atomic E-state index is 0.131. The molecule has 2 heterocycles. The highest BCUT2D eigenvalue weighted by atomic mass is 32.1. The molecule has 1 atom stereocenters. The fourth-order valence-electron chi connectivity index (χ4n) is 1.85. The molecule has 2 rings (SSSR count). The van der Waals surface area contributed by atoms with Gasteiger partial charge in [-0.3, -0.25) is 0 Å². The molecule has 5 heteroatoms. The Labute approximate surface area is 99.4 Å². The van der Waals surface area contributed by atoms with Crippen molar-refractivity contribution in [1.82, 2.24) is 19.9 Å². The molecule has 1 unspecified atom stereocenters. The monoisotopic (exact) mass is 236 g/mol. The van der Waals surface area contributed by atoms with Gasteiger partial charge in [-0.15, -0.1) is 11.3 Å². The maximum atomic E-state index is 4.46. The van der Waals surface area contributed by atoms with Crippen LogP contribution in [0.15, 0.2) is 12.4 Å². The van der Waals surface area contributed by atoms with Crippen LogP contribution in [-0.4, -0.2) is 21.6 Å². The van der Waals surface area contributed by atoms with E-state index in [0.29, 0.717) is 0 Å². The van der Waals surface area contributed by atoms with Gasteiger partial charge in [0.15, 0.2) is 0 Å². The van der Waals surface area contributed by atoms with Gasteiger partial charge < -0.3 is 9.88 Å². The van der Waals surface area contributed by atoms with Gasteiger partial charge >= 0.3 is 0 Å². The number of aromatic nitrogens is 3. The Balaban J connectivity index is 2.44. The molecule has 4 nitrogen and oxygen atoms in total. The van der Waals surface area contributed by atoms with Crippen molar-refractivity contribution in [3.63, 3.8) is 0 Å². The van der Waals surface area contributed by atoms with Crippen LogP contribution in [0.5, 0.6) is 0 Å². The van der Waals surface area contributed by atoms with Crippen LogP contribution in [-0.2, 0) is 7.05 Å². The van der Waals surface area contributed by atoms with Gasteiger partial charge in [0, 0.05) is 19.4 Å². The number of hydrogen-bond donors (Lipinski definition) is 1. The second-order valence-corrected chi connectivity index (χ2v) is 5.04. The molecule has 2 aromatic rings. The molecule has 0 saturated carbocycles. The van der Waals surface area contributed by atoms with Crippen molar-refractivity contribution in [3.8, 4) is 0 Å². The van der Waals surface area contributed by atoms with Crippen molar-refractivity contribution in [1.29, 1.82) is 0 Å². The van der Waals surface area contributed by atoms with Crippen molar-refractivity contribution in [2.75, 3.05) is 7.05 Å². The fourth-order valence-corrected chi connectivity index (χ4v) is 2.88. The molecule has 0 saturated heterocycles. The molecule has 16 heavy (non-hydrogen) atoms. The number of nitrogens with zero attached hydrogens (tertiary/aromatic N) is 3. The number of imidazole rings is 1. The van der Waals surface area contributed by atoms with E-state index in [0.717, 1.165) is 16.5 Å². The van der Waals surface area contributed by atoms with Gasteiger partial charge in [0.25, 0.3) is 0 Å². The van der Waals surface area contributed by atoms with Crippen LogP contribution in [0.1, 0.15) is 27.4 Å². The Kier molecular flexibility index (Phi) is 3.07. The Morgan fingerprint density at radius 2 is 2.19 bits per heavy atom. The van der Waals surface area contributed by atoms with Crippen molar-refractivity contribution in [2.24, 2.45) is 7.05 Å². The first kappa shape index (κ1) is 11.3. The molecule has 86 valence electrons. The zero-order chi connectivity index (χ0) is 11.7. The number of hydrogen-bond acceptors (Lipinski definition) is 4. The summed E-state index contributed by atoms with van der Waals surface area (Å²) < 4.78 is 2.04. The molecule has 0 bridgehead atoms. The maximum absolute atomic E-state index is 4.46. The Morgan fingerprint density at radius 3 is 2.62 bits per heavy atom. The molecule has 0 fully saturated rings. The van der Waals surface area contributed by atoms with Crippen LogP contribution in [0.25, 0.3) is 0 Å². The molecule has 0 aliphatic heterocycles. The van der Waals surface area contributed by atoms with Crippen LogP contribution in [0, 0.1) is 13.8 Å². The number of rotatable bonds is 3. The highest BCUT2D eigenvalue weighted by molar-refractivity contribution is 7.11. The lowest BCUT2D eigenvalue weighted by Gasteiger charge is -2.14. The Morgan fingerprint density at radius 1 is 1.44 bits per heavy atom. The third-order valence-electron chi connectivity index (χ3n) is 2.61. The van der Waals surface area contributed by atoms with E-state index in [1.165, 1.54) is 4.88 Å². The summed E-state index contributed by atoms with van der Waals surface area (Å²) in [5, 5.41) is 4.40. The first-order chi connectivity index (χ1) is 7.63. The molecule has 0 aliphatic carbocycles. The zero-order valence-electron chi connectivity index (χ0n) is 9.98. The summed E-state index contributed by atoms with van der Waals surface area (Å²) in [5.74, 6) is 1.02. The van der Waals surface area contributed by atoms with E-state index in [9.17, 15) is 0 Å². The fraction of sp³-hybridized carbons (Fsp3) is 0.455. The Hall–Kier alpha value is -1.20. The summed E-state index contributed by atoms with van der Waals surface area (Å²) in [7, 11) is 3.96. The molecule has 0 radical (unpaired) electrons. The van der Waals surface area contributed by atoms with Gasteiger partial charge in [0.1, 0.15) is 11.9 Å². The summed E-state index contributed by atoms with van der Waals surface area (Å²) in [5.41, 5.74) is 1.09. The largest absolute Gasteiger partial charge is 0.336 e. The van der Waals surface area contributed by atoms with Gasteiger partial charge in [-0.05, 0) is 20.9 Å². The molecule has 2 aromatic heterocycles. The molecular weight excluding hydrogens is 220 g/mol. The average Bonchev–Trinajstić information content (AvgIpc) is 2.77. The first-order valence-electron chi connectivity index (χ1n) is 5.22. The summed E-state index contributed by atoms with van der Waals surface area (Å²) in [6, 6.07) is 0.131. The van der Waals surface area contributed by atoms with E-state index in [1.807, 2.05) is 44.9 Å². The lowest BCUT2D eigenvalue weighted by Crippen LogP contribution is -2.21. The van der Waals surface area contributed by atoms with E-state index in [-0.39, 0.29) is 6.04 Å². The topological polar surface area (TPSA) is 42.7 Å². The van der Waals surface area contributed by atoms with Crippen molar-refractivity contribution >= 4 is 11.3 Å². The molecule has 0 aromatic carbocycles. The number of thiazole rings is 1. The van der Waals surface area contributed by atoms with Crippen molar-refractivity contribution in [2.45, 2.75) is 19.9 Å². The van der Waals surface area contributed by atoms with Gasteiger partial charge in [0.05, 0.1) is 15.6 Å².